The van der Waals surface area contributed by atoms with Gasteiger partial charge < -0.3 is 13.8 Å². The third-order valence-corrected chi connectivity index (χ3v) is 3.72. The molecular weight excluding hydrogens is 272 g/mol. The van der Waals surface area contributed by atoms with Crippen LogP contribution in [0.5, 0.6) is 0 Å². The Hall–Kier alpha value is -2.70. The number of nitrogens with zero attached hydrogens (tertiary/aromatic N) is 4. The molecule has 4 rings (SSSR count). The van der Waals surface area contributed by atoms with Gasteiger partial charge >= 0.3 is 0 Å². The van der Waals surface area contributed by atoms with Gasteiger partial charge in [-0.2, -0.15) is 4.98 Å². The summed E-state index contributed by atoms with van der Waals surface area (Å²) in [6, 6.07) is 5.26. The second kappa shape index (κ2) is 4.69. The normalized spacial score (nSPS) is 18.5. The number of carbonyl (C=O) groups excluding carboxylic acids is 1. The minimum Gasteiger partial charge on any atom is -0.449 e. The maximum atomic E-state index is 12.5. The lowest BCUT2D eigenvalue weighted by atomic mass is 10.1. The van der Waals surface area contributed by atoms with E-state index in [0.29, 0.717) is 35.8 Å². The Kier molecular flexibility index (Phi) is 2.70. The van der Waals surface area contributed by atoms with Crippen molar-refractivity contribution in [1.29, 1.82) is 0 Å². The minimum atomic E-state index is -0.126. The Labute approximate surface area is 119 Å². The zero-order chi connectivity index (χ0) is 14.2. The lowest BCUT2D eigenvalue weighted by Gasteiger charge is -2.13. The summed E-state index contributed by atoms with van der Waals surface area (Å²) in [7, 11) is 0. The highest BCUT2D eigenvalue weighted by Crippen LogP contribution is 2.27. The van der Waals surface area contributed by atoms with Gasteiger partial charge in [0.25, 0.3) is 5.91 Å². The first kappa shape index (κ1) is 12.1. The molecule has 106 valence electrons. The van der Waals surface area contributed by atoms with Crippen LogP contribution < -0.4 is 0 Å². The quantitative estimate of drug-likeness (QED) is 0.713. The molecular formula is C14H12N4O3. The van der Waals surface area contributed by atoms with Crippen molar-refractivity contribution in [2.45, 2.75) is 12.3 Å². The molecule has 0 aliphatic carbocycles. The summed E-state index contributed by atoms with van der Waals surface area (Å²) < 4.78 is 10.3. The van der Waals surface area contributed by atoms with Gasteiger partial charge in [0.05, 0.1) is 0 Å². The van der Waals surface area contributed by atoms with E-state index < -0.39 is 0 Å². The van der Waals surface area contributed by atoms with Gasteiger partial charge in [0.2, 0.25) is 6.39 Å². The van der Waals surface area contributed by atoms with Crippen LogP contribution >= 0.6 is 0 Å². The number of hydrogen-bond acceptors (Lipinski definition) is 6. The van der Waals surface area contributed by atoms with E-state index >= 15 is 0 Å². The maximum absolute atomic E-state index is 12.5. The lowest BCUT2D eigenvalue weighted by Crippen LogP contribution is -2.28. The summed E-state index contributed by atoms with van der Waals surface area (Å²) in [5, 5.41) is 3.84. The maximum Gasteiger partial charge on any atom is 0.289 e. The SMILES string of the molecule is O=C(c1cc2ncccc2o1)N1CC[C@@H](c2ncon2)C1. The minimum absolute atomic E-state index is 0.121. The van der Waals surface area contributed by atoms with Crippen LogP contribution in [0.4, 0.5) is 0 Å². The smallest absolute Gasteiger partial charge is 0.289 e. The monoisotopic (exact) mass is 284 g/mol. The molecule has 7 nitrogen and oxygen atoms in total. The number of amides is 1. The van der Waals surface area contributed by atoms with Crippen LogP contribution in [0.15, 0.2) is 39.7 Å². The van der Waals surface area contributed by atoms with Crippen molar-refractivity contribution in [1.82, 2.24) is 20.0 Å². The zero-order valence-electron chi connectivity index (χ0n) is 11.1. The summed E-state index contributed by atoms with van der Waals surface area (Å²) in [4.78, 5) is 22.4. The van der Waals surface area contributed by atoms with Gasteiger partial charge in [0.1, 0.15) is 5.52 Å². The molecule has 0 N–H and O–H groups in total. The number of likely N-dealkylation sites (tertiary alicyclic amines) is 1. The van der Waals surface area contributed by atoms with Crippen LogP contribution in [-0.2, 0) is 0 Å². The molecule has 0 spiro atoms. The topological polar surface area (TPSA) is 85.3 Å². The first-order valence-electron chi connectivity index (χ1n) is 6.71. The molecule has 1 aliphatic rings. The lowest BCUT2D eigenvalue weighted by molar-refractivity contribution is 0.0761. The zero-order valence-corrected chi connectivity index (χ0v) is 11.1. The molecule has 1 fully saturated rings. The van der Waals surface area contributed by atoms with Gasteiger partial charge in [0.15, 0.2) is 17.2 Å². The van der Waals surface area contributed by atoms with E-state index in [4.69, 9.17) is 8.94 Å². The van der Waals surface area contributed by atoms with E-state index in [2.05, 4.69) is 15.1 Å². The van der Waals surface area contributed by atoms with Crippen molar-refractivity contribution in [3.63, 3.8) is 0 Å². The van der Waals surface area contributed by atoms with E-state index in [1.54, 1.807) is 29.3 Å². The van der Waals surface area contributed by atoms with Gasteiger partial charge in [0, 0.05) is 31.3 Å². The van der Waals surface area contributed by atoms with E-state index in [9.17, 15) is 4.79 Å². The molecule has 0 saturated carbocycles. The van der Waals surface area contributed by atoms with E-state index in [1.165, 1.54) is 6.39 Å². The third kappa shape index (κ3) is 2.06. The van der Waals surface area contributed by atoms with Crippen LogP contribution in [0, 0.1) is 0 Å². The average Bonchev–Trinajstić information content (AvgIpc) is 3.24. The van der Waals surface area contributed by atoms with Crippen LogP contribution in [0.1, 0.15) is 28.7 Å². The van der Waals surface area contributed by atoms with Crippen LogP contribution in [-0.4, -0.2) is 39.0 Å². The average molecular weight is 284 g/mol. The summed E-state index contributed by atoms with van der Waals surface area (Å²) >= 11 is 0. The fourth-order valence-electron chi connectivity index (χ4n) is 2.64. The number of pyridine rings is 1. The summed E-state index contributed by atoms with van der Waals surface area (Å²) in [5.74, 6) is 0.961. The first-order chi connectivity index (χ1) is 10.3. The fraction of sp³-hybridized carbons (Fsp3) is 0.286. The molecule has 0 aromatic carbocycles. The Bertz CT molecular complexity index is 747. The highest BCUT2D eigenvalue weighted by Gasteiger charge is 2.31. The number of rotatable bonds is 2. The van der Waals surface area contributed by atoms with Crippen molar-refractivity contribution < 1.29 is 13.7 Å². The predicted octanol–water partition coefficient (Wildman–Crippen LogP) is 1.84. The molecule has 4 heterocycles. The molecule has 7 heteroatoms. The fourth-order valence-corrected chi connectivity index (χ4v) is 2.64. The number of furan rings is 1. The summed E-state index contributed by atoms with van der Waals surface area (Å²) in [5.41, 5.74) is 1.31. The number of carbonyl (C=O) groups is 1. The van der Waals surface area contributed by atoms with E-state index in [1.807, 2.05) is 0 Å². The van der Waals surface area contributed by atoms with E-state index in [-0.39, 0.29) is 11.8 Å². The first-order valence-corrected chi connectivity index (χ1v) is 6.71. The molecule has 1 atom stereocenters. The number of hydrogen-bond donors (Lipinski definition) is 0. The second-order valence-electron chi connectivity index (χ2n) is 5.02. The van der Waals surface area contributed by atoms with Crippen molar-refractivity contribution in [3.8, 4) is 0 Å². The molecule has 1 aliphatic heterocycles. The molecule has 3 aromatic heterocycles. The molecule has 1 saturated heterocycles. The Morgan fingerprint density at radius 2 is 2.33 bits per heavy atom. The standard InChI is InChI=1S/C14H12N4O3/c19-14(12-6-10-11(21-12)2-1-4-15-10)18-5-3-9(7-18)13-16-8-20-17-13/h1-2,4,6,8-9H,3,5,7H2/t9-/m1/s1. The van der Waals surface area contributed by atoms with Gasteiger partial charge in [-0.1, -0.05) is 5.16 Å². The Morgan fingerprint density at radius 1 is 1.38 bits per heavy atom. The van der Waals surface area contributed by atoms with Crippen molar-refractivity contribution >= 4 is 17.0 Å². The predicted molar refractivity (Wildman–Crippen MR) is 71.6 cm³/mol. The largest absolute Gasteiger partial charge is 0.449 e. The molecule has 0 unspecified atom stereocenters. The van der Waals surface area contributed by atoms with Gasteiger partial charge in [-0.05, 0) is 18.6 Å². The Morgan fingerprint density at radius 3 is 3.14 bits per heavy atom. The molecule has 1 amide bonds. The van der Waals surface area contributed by atoms with Crippen LogP contribution in [0.2, 0.25) is 0 Å². The number of aromatic nitrogens is 3. The molecule has 21 heavy (non-hydrogen) atoms. The van der Waals surface area contributed by atoms with Crippen molar-refractivity contribution in [3.05, 3.63) is 42.4 Å². The molecule has 0 bridgehead atoms. The highest BCUT2D eigenvalue weighted by molar-refractivity contribution is 5.95. The van der Waals surface area contributed by atoms with Crippen LogP contribution in [0.3, 0.4) is 0 Å². The summed E-state index contributed by atoms with van der Waals surface area (Å²) in [6.45, 7) is 1.23. The van der Waals surface area contributed by atoms with Crippen LogP contribution in [0.25, 0.3) is 11.1 Å². The van der Waals surface area contributed by atoms with Gasteiger partial charge in [-0.25, -0.2) is 0 Å². The van der Waals surface area contributed by atoms with E-state index in [0.717, 1.165) is 6.42 Å². The van der Waals surface area contributed by atoms with Gasteiger partial charge in [-0.3, -0.25) is 9.78 Å². The highest BCUT2D eigenvalue weighted by atomic mass is 16.5. The number of fused-ring (bicyclic) bond motifs is 1. The molecule has 3 aromatic rings. The third-order valence-electron chi connectivity index (χ3n) is 3.72. The Balaban J connectivity index is 1.55. The molecule has 0 radical (unpaired) electrons. The van der Waals surface area contributed by atoms with Crippen molar-refractivity contribution in [2.75, 3.05) is 13.1 Å². The van der Waals surface area contributed by atoms with Crippen molar-refractivity contribution in [2.24, 2.45) is 0 Å². The summed E-state index contributed by atoms with van der Waals surface area (Å²) in [6.07, 6.45) is 3.81. The van der Waals surface area contributed by atoms with Gasteiger partial charge in [-0.15, -0.1) is 0 Å². The second-order valence-corrected chi connectivity index (χ2v) is 5.02.